The van der Waals surface area contributed by atoms with Gasteiger partial charge in [-0.1, -0.05) is 0 Å². The summed E-state index contributed by atoms with van der Waals surface area (Å²) in [6.07, 6.45) is 1.95. The Bertz CT molecular complexity index is 272. The molecule has 0 aromatic heterocycles. The minimum absolute atomic E-state index is 0.310. The second-order valence-electron chi connectivity index (χ2n) is 3.13. The van der Waals surface area contributed by atoms with Crippen LogP contribution in [0, 0.1) is 0 Å². The molecule has 0 saturated carbocycles. The Kier molecular flexibility index (Phi) is 3.50. The number of hydrogen-bond donors (Lipinski definition) is 1. The van der Waals surface area contributed by atoms with Crippen LogP contribution < -0.4 is 0 Å². The zero-order valence-electron chi connectivity index (χ0n) is 8.02. The number of amides is 1. The summed E-state index contributed by atoms with van der Waals surface area (Å²) in [6, 6.07) is 0. The first-order valence-corrected chi connectivity index (χ1v) is 4.38. The third-order valence-corrected chi connectivity index (χ3v) is 2.11. The summed E-state index contributed by atoms with van der Waals surface area (Å²) < 4.78 is 4.47. The van der Waals surface area contributed by atoms with E-state index in [4.69, 9.17) is 5.11 Å². The van der Waals surface area contributed by atoms with Crippen molar-refractivity contribution in [2.75, 3.05) is 20.2 Å². The fourth-order valence-electron chi connectivity index (χ4n) is 1.41. The van der Waals surface area contributed by atoms with Gasteiger partial charge in [0.1, 0.15) is 0 Å². The van der Waals surface area contributed by atoms with Crippen molar-refractivity contribution < 1.29 is 19.4 Å². The average Bonchev–Trinajstić information content (AvgIpc) is 2.18. The van der Waals surface area contributed by atoms with E-state index in [-0.39, 0.29) is 0 Å². The van der Waals surface area contributed by atoms with Crippen molar-refractivity contribution in [1.29, 1.82) is 0 Å². The molecule has 0 aromatic carbocycles. The monoisotopic (exact) mass is 199 g/mol. The minimum atomic E-state index is -0.944. The van der Waals surface area contributed by atoms with Gasteiger partial charge < -0.3 is 14.7 Å². The molecule has 0 spiro atoms. The number of carboxylic acid groups (broad SMARTS) is 1. The number of rotatable bonds is 1. The van der Waals surface area contributed by atoms with Gasteiger partial charge in [0.05, 0.1) is 7.11 Å². The molecule has 0 atom stereocenters. The lowest BCUT2D eigenvalue weighted by atomic mass is 10.1. The minimum Gasteiger partial charge on any atom is -0.466 e. The van der Waals surface area contributed by atoms with Crippen molar-refractivity contribution in [1.82, 2.24) is 4.90 Å². The van der Waals surface area contributed by atoms with Gasteiger partial charge in [0.2, 0.25) is 0 Å². The summed E-state index contributed by atoms with van der Waals surface area (Å²) >= 11 is 0. The molecule has 1 rings (SSSR count). The van der Waals surface area contributed by atoms with Gasteiger partial charge in [-0.25, -0.2) is 9.59 Å². The normalized spacial score (nSPS) is 19.5. The third-order valence-electron chi connectivity index (χ3n) is 2.11. The van der Waals surface area contributed by atoms with Crippen molar-refractivity contribution in [3.63, 3.8) is 0 Å². The summed E-state index contributed by atoms with van der Waals surface area (Å²) in [4.78, 5) is 22.8. The summed E-state index contributed by atoms with van der Waals surface area (Å²) in [5.41, 5.74) is 0.811. The maximum atomic E-state index is 10.9. The number of carbonyl (C=O) groups excluding carboxylic acids is 1. The van der Waals surface area contributed by atoms with E-state index in [1.165, 1.54) is 18.1 Å². The topological polar surface area (TPSA) is 66.8 Å². The molecular formula is C9H13NO4. The van der Waals surface area contributed by atoms with Crippen LogP contribution in [0.2, 0.25) is 0 Å². The number of nitrogens with zero attached hydrogens (tertiary/aromatic N) is 1. The van der Waals surface area contributed by atoms with Crippen LogP contribution in [0.4, 0.5) is 4.79 Å². The average molecular weight is 199 g/mol. The zero-order chi connectivity index (χ0) is 10.6. The number of piperidine rings is 1. The fourth-order valence-corrected chi connectivity index (χ4v) is 1.41. The molecule has 1 saturated heterocycles. The van der Waals surface area contributed by atoms with Gasteiger partial charge in [-0.3, -0.25) is 0 Å². The van der Waals surface area contributed by atoms with Crippen molar-refractivity contribution in [3.8, 4) is 0 Å². The molecule has 0 unspecified atom stereocenters. The van der Waals surface area contributed by atoms with E-state index in [2.05, 4.69) is 4.74 Å². The van der Waals surface area contributed by atoms with Crippen LogP contribution in [-0.4, -0.2) is 42.3 Å². The van der Waals surface area contributed by atoms with E-state index in [9.17, 15) is 9.59 Å². The highest BCUT2D eigenvalue weighted by atomic mass is 16.5. The van der Waals surface area contributed by atoms with Crippen LogP contribution >= 0.6 is 0 Å². The molecule has 14 heavy (non-hydrogen) atoms. The second-order valence-corrected chi connectivity index (χ2v) is 3.13. The first kappa shape index (κ1) is 10.6. The standard InChI is InChI=1S/C9H13NO4/c1-14-8(11)5-7-3-2-4-10(6-7)9(12)13/h5H,2-4,6H2,1H3,(H,12,13). The molecule has 5 heteroatoms. The number of esters is 1. The lowest BCUT2D eigenvalue weighted by molar-refractivity contribution is -0.134. The summed E-state index contributed by atoms with van der Waals surface area (Å²) in [5.74, 6) is -0.424. The van der Waals surface area contributed by atoms with E-state index < -0.39 is 12.1 Å². The maximum absolute atomic E-state index is 10.9. The van der Waals surface area contributed by atoms with Gasteiger partial charge in [0, 0.05) is 19.2 Å². The molecule has 1 aliphatic heterocycles. The van der Waals surface area contributed by atoms with Crippen LogP contribution in [0.3, 0.4) is 0 Å². The van der Waals surface area contributed by atoms with Gasteiger partial charge in [0.15, 0.2) is 0 Å². The van der Waals surface area contributed by atoms with Crippen LogP contribution in [0.25, 0.3) is 0 Å². The molecular weight excluding hydrogens is 186 g/mol. The van der Waals surface area contributed by atoms with Gasteiger partial charge in [-0.2, -0.15) is 0 Å². The van der Waals surface area contributed by atoms with Crippen molar-refractivity contribution in [2.45, 2.75) is 12.8 Å². The fraction of sp³-hybridized carbons (Fsp3) is 0.556. The quantitative estimate of drug-likeness (QED) is 0.502. The maximum Gasteiger partial charge on any atom is 0.407 e. The predicted molar refractivity (Wildman–Crippen MR) is 48.9 cm³/mol. The molecule has 1 aliphatic rings. The van der Waals surface area contributed by atoms with Crippen LogP contribution in [-0.2, 0) is 9.53 Å². The van der Waals surface area contributed by atoms with E-state index in [1.807, 2.05) is 0 Å². The Balaban J connectivity index is 2.60. The first-order chi connectivity index (χ1) is 6.63. The SMILES string of the molecule is COC(=O)C=C1CCCN(C(=O)O)C1. The van der Waals surface area contributed by atoms with Crippen molar-refractivity contribution in [2.24, 2.45) is 0 Å². The van der Waals surface area contributed by atoms with Crippen LogP contribution in [0.5, 0.6) is 0 Å². The second kappa shape index (κ2) is 4.64. The number of methoxy groups -OCH3 is 1. The highest BCUT2D eigenvalue weighted by molar-refractivity contribution is 5.82. The van der Waals surface area contributed by atoms with Crippen molar-refractivity contribution in [3.05, 3.63) is 11.6 Å². The summed E-state index contributed by atoms with van der Waals surface area (Å²) in [6.45, 7) is 0.846. The molecule has 0 bridgehead atoms. The summed E-state index contributed by atoms with van der Waals surface area (Å²) in [5, 5.41) is 8.73. The highest BCUT2D eigenvalue weighted by Gasteiger charge is 2.18. The van der Waals surface area contributed by atoms with Gasteiger partial charge in [-0.05, 0) is 18.4 Å². The zero-order valence-corrected chi connectivity index (χ0v) is 8.02. The predicted octanol–water partition coefficient (Wildman–Crippen LogP) is 0.860. The molecule has 1 amide bonds. The van der Waals surface area contributed by atoms with Gasteiger partial charge in [0.25, 0.3) is 0 Å². The van der Waals surface area contributed by atoms with Gasteiger partial charge >= 0.3 is 12.1 Å². The largest absolute Gasteiger partial charge is 0.466 e. The number of likely N-dealkylation sites (tertiary alicyclic amines) is 1. The molecule has 0 aromatic rings. The van der Waals surface area contributed by atoms with Crippen LogP contribution in [0.1, 0.15) is 12.8 Å². The van der Waals surface area contributed by atoms with Crippen molar-refractivity contribution >= 4 is 12.1 Å². The number of ether oxygens (including phenoxy) is 1. The Morgan fingerprint density at radius 3 is 2.86 bits per heavy atom. The molecule has 78 valence electrons. The number of hydrogen-bond acceptors (Lipinski definition) is 3. The van der Waals surface area contributed by atoms with E-state index in [0.29, 0.717) is 13.1 Å². The molecule has 1 N–H and O–H groups in total. The van der Waals surface area contributed by atoms with E-state index >= 15 is 0 Å². The Hall–Kier alpha value is -1.52. The molecule has 5 nitrogen and oxygen atoms in total. The summed E-state index contributed by atoms with van der Waals surface area (Å²) in [7, 11) is 1.30. The Labute approximate surface area is 82.0 Å². The molecule has 1 heterocycles. The smallest absolute Gasteiger partial charge is 0.407 e. The molecule has 0 aliphatic carbocycles. The highest BCUT2D eigenvalue weighted by Crippen LogP contribution is 2.15. The molecule has 1 fully saturated rings. The first-order valence-electron chi connectivity index (χ1n) is 4.38. The van der Waals surface area contributed by atoms with E-state index in [1.54, 1.807) is 0 Å². The van der Waals surface area contributed by atoms with Crippen LogP contribution in [0.15, 0.2) is 11.6 Å². The molecule has 0 radical (unpaired) electrons. The Morgan fingerprint density at radius 2 is 2.29 bits per heavy atom. The lowest BCUT2D eigenvalue weighted by Gasteiger charge is -2.25. The lowest BCUT2D eigenvalue weighted by Crippen LogP contribution is -2.35. The third kappa shape index (κ3) is 2.76. The Morgan fingerprint density at radius 1 is 1.57 bits per heavy atom. The van der Waals surface area contributed by atoms with E-state index in [0.717, 1.165) is 18.4 Å². The van der Waals surface area contributed by atoms with Gasteiger partial charge in [-0.15, -0.1) is 0 Å². The number of carbonyl (C=O) groups is 2.